The van der Waals surface area contributed by atoms with Gasteiger partial charge in [0, 0.05) is 18.8 Å². The number of nitrogens with one attached hydrogen (secondary N) is 1. The van der Waals surface area contributed by atoms with Crippen molar-refractivity contribution in [2.45, 2.75) is 27.3 Å². The molecular formula is C14H20N4. The van der Waals surface area contributed by atoms with E-state index in [2.05, 4.69) is 55.0 Å². The Morgan fingerprint density at radius 2 is 1.78 bits per heavy atom. The number of benzene rings is 1. The molecule has 96 valence electrons. The summed E-state index contributed by atoms with van der Waals surface area (Å²) in [5.41, 5.74) is 11.8. The maximum atomic E-state index is 5.61. The van der Waals surface area contributed by atoms with Gasteiger partial charge in [0.15, 0.2) is 0 Å². The van der Waals surface area contributed by atoms with Crippen molar-refractivity contribution in [3.05, 3.63) is 40.6 Å². The molecule has 0 bridgehead atoms. The molecule has 1 aromatic heterocycles. The van der Waals surface area contributed by atoms with Crippen molar-refractivity contribution in [2.75, 3.05) is 17.7 Å². The first-order valence-electron chi connectivity index (χ1n) is 6.06. The fraction of sp³-hybridized carbons (Fsp3) is 0.357. The molecule has 0 atom stereocenters. The zero-order valence-electron chi connectivity index (χ0n) is 11.4. The molecule has 2 rings (SSSR count). The van der Waals surface area contributed by atoms with Crippen molar-refractivity contribution in [2.24, 2.45) is 0 Å². The Hall–Kier alpha value is -1.97. The number of nitrogens with two attached hydrogens (primary N) is 1. The van der Waals surface area contributed by atoms with E-state index >= 15 is 0 Å². The fourth-order valence-electron chi connectivity index (χ4n) is 2.16. The number of anilines is 2. The Bertz CT molecular complexity index is 557. The van der Waals surface area contributed by atoms with Crippen LogP contribution < -0.4 is 10.6 Å². The van der Waals surface area contributed by atoms with Crippen molar-refractivity contribution < 1.29 is 0 Å². The number of nitrogen functional groups attached to an aromatic ring is 1. The van der Waals surface area contributed by atoms with E-state index in [4.69, 9.17) is 5.73 Å². The maximum Gasteiger partial charge on any atom is 0.145 e. The monoisotopic (exact) mass is 244 g/mol. The van der Waals surface area contributed by atoms with Crippen LogP contribution in [0.3, 0.4) is 0 Å². The largest absolute Gasteiger partial charge is 0.382 e. The lowest BCUT2D eigenvalue weighted by Crippen LogP contribution is -2.18. The molecule has 0 radical (unpaired) electrons. The number of hydrogen-bond donors (Lipinski definition) is 2. The molecule has 0 fully saturated rings. The molecule has 0 unspecified atom stereocenters. The molecule has 18 heavy (non-hydrogen) atoms. The molecular weight excluding hydrogens is 224 g/mol. The second kappa shape index (κ2) is 4.72. The van der Waals surface area contributed by atoms with Gasteiger partial charge in [0.25, 0.3) is 0 Å². The minimum absolute atomic E-state index is 0.537. The third-order valence-electron chi connectivity index (χ3n) is 3.28. The molecule has 4 heteroatoms. The van der Waals surface area contributed by atoms with E-state index < -0.39 is 0 Å². The van der Waals surface area contributed by atoms with Gasteiger partial charge in [-0.05, 0) is 43.5 Å². The van der Waals surface area contributed by atoms with Gasteiger partial charge in [0.2, 0.25) is 0 Å². The normalized spacial score (nSPS) is 10.7. The summed E-state index contributed by atoms with van der Waals surface area (Å²) in [6.45, 7) is 7.19. The van der Waals surface area contributed by atoms with Gasteiger partial charge in [0.1, 0.15) is 5.82 Å². The summed E-state index contributed by atoms with van der Waals surface area (Å²) >= 11 is 0. The van der Waals surface area contributed by atoms with Crippen LogP contribution >= 0.6 is 0 Å². The molecule has 0 amide bonds. The molecule has 1 heterocycles. The Balaban J connectivity index is 2.23. The van der Waals surface area contributed by atoms with Crippen LogP contribution in [0, 0.1) is 20.8 Å². The zero-order valence-corrected chi connectivity index (χ0v) is 11.4. The highest BCUT2D eigenvalue weighted by Gasteiger charge is 2.08. The van der Waals surface area contributed by atoms with Gasteiger partial charge in [0.05, 0.1) is 12.2 Å². The number of aromatic amines is 1. The van der Waals surface area contributed by atoms with Gasteiger partial charge >= 0.3 is 0 Å². The van der Waals surface area contributed by atoms with Crippen LogP contribution in [0.25, 0.3) is 0 Å². The lowest BCUT2D eigenvalue weighted by molar-refractivity contribution is 0.865. The van der Waals surface area contributed by atoms with E-state index in [0.717, 1.165) is 12.2 Å². The summed E-state index contributed by atoms with van der Waals surface area (Å²) in [6.07, 6.45) is 0. The second-order valence-electron chi connectivity index (χ2n) is 4.90. The Kier molecular flexibility index (Phi) is 3.28. The summed E-state index contributed by atoms with van der Waals surface area (Å²) in [5, 5.41) is 6.88. The van der Waals surface area contributed by atoms with E-state index in [0.29, 0.717) is 5.82 Å². The highest BCUT2D eigenvalue weighted by molar-refractivity contribution is 5.56. The lowest BCUT2D eigenvalue weighted by Gasteiger charge is -2.22. The molecule has 0 aliphatic heterocycles. The maximum absolute atomic E-state index is 5.61. The summed E-state index contributed by atoms with van der Waals surface area (Å²) in [6, 6.07) is 6.32. The Morgan fingerprint density at radius 3 is 2.39 bits per heavy atom. The van der Waals surface area contributed by atoms with E-state index in [1.165, 1.54) is 22.4 Å². The molecule has 0 saturated heterocycles. The van der Waals surface area contributed by atoms with Gasteiger partial charge in [-0.15, -0.1) is 0 Å². The minimum atomic E-state index is 0.537. The minimum Gasteiger partial charge on any atom is -0.382 e. The predicted octanol–water partition coefficient (Wildman–Crippen LogP) is 2.55. The third kappa shape index (κ3) is 2.47. The quantitative estimate of drug-likeness (QED) is 0.872. The van der Waals surface area contributed by atoms with E-state index in [-0.39, 0.29) is 0 Å². The molecule has 1 aromatic carbocycles. The lowest BCUT2D eigenvalue weighted by atomic mass is 10.0. The fourth-order valence-corrected chi connectivity index (χ4v) is 2.16. The average Bonchev–Trinajstić information content (AvgIpc) is 2.69. The smallest absolute Gasteiger partial charge is 0.145 e. The van der Waals surface area contributed by atoms with Crippen LogP contribution in [0.4, 0.5) is 11.5 Å². The van der Waals surface area contributed by atoms with Crippen LogP contribution in [-0.2, 0) is 6.54 Å². The van der Waals surface area contributed by atoms with Crippen LogP contribution in [0.1, 0.15) is 22.4 Å². The van der Waals surface area contributed by atoms with Crippen LogP contribution in [0.15, 0.2) is 18.2 Å². The summed E-state index contributed by atoms with van der Waals surface area (Å²) < 4.78 is 0. The molecule has 0 spiro atoms. The summed E-state index contributed by atoms with van der Waals surface area (Å²) in [5.74, 6) is 0.537. The predicted molar refractivity (Wildman–Crippen MR) is 75.8 cm³/mol. The van der Waals surface area contributed by atoms with Gasteiger partial charge in [-0.2, -0.15) is 5.10 Å². The first kappa shape index (κ1) is 12.5. The molecule has 0 aliphatic carbocycles. The number of H-pyrrole nitrogens is 1. The molecule has 0 aliphatic rings. The van der Waals surface area contributed by atoms with Crippen molar-refractivity contribution in [3.8, 4) is 0 Å². The molecule has 2 aromatic rings. The zero-order chi connectivity index (χ0) is 13.3. The first-order chi connectivity index (χ1) is 8.47. The highest BCUT2D eigenvalue weighted by atomic mass is 15.2. The van der Waals surface area contributed by atoms with Crippen molar-refractivity contribution >= 4 is 11.5 Å². The molecule has 3 N–H and O–H groups in total. The van der Waals surface area contributed by atoms with Crippen LogP contribution in [0.5, 0.6) is 0 Å². The van der Waals surface area contributed by atoms with Gasteiger partial charge in [-0.3, -0.25) is 5.10 Å². The molecule has 0 saturated carbocycles. The van der Waals surface area contributed by atoms with E-state index in [1.807, 2.05) is 6.07 Å². The first-order valence-corrected chi connectivity index (χ1v) is 6.06. The SMILES string of the molecule is Cc1cc(C)c(N(C)Cc2cc(N)n[nH]2)cc1C. The topological polar surface area (TPSA) is 57.9 Å². The Morgan fingerprint density at radius 1 is 1.11 bits per heavy atom. The van der Waals surface area contributed by atoms with Gasteiger partial charge in [-0.25, -0.2) is 0 Å². The Labute approximate surface area is 108 Å². The van der Waals surface area contributed by atoms with Gasteiger partial charge < -0.3 is 10.6 Å². The third-order valence-corrected chi connectivity index (χ3v) is 3.28. The second-order valence-corrected chi connectivity index (χ2v) is 4.90. The average molecular weight is 244 g/mol. The number of aromatic nitrogens is 2. The highest BCUT2D eigenvalue weighted by Crippen LogP contribution is 2.24. The van der Waals surface area contributed by atoms with E-state index in [1.54, 1.807) is 0 Å². The van der Waals surface area contributed by atoms with E-state index in [9.17, 15) is 0 Å². The van der Waals surface area contributed by atoms with Crippen LogP contribution in [0.2, 0.25) is 0 Å². The van der Waals surface area contributed by atoms with Crippen molar-refractivity contribution in [1.82, 2.24) is 10.2 Å². The molecule has 4 nitrogen and oxygen atoms in total. The summed E-state index contributed by atoms with van der Waals surface area (Å²) in [4.78, 5) is 2.20. The standard InChI is InChI=1S/C14H20N4/c1-9-5-11(3)13(6-10(9)2)18(4)8-12-7-14(15)17-16-12/h5-7H,8H2,1-4H3,(H3,15,16,17). The number of rotatable bonds is 3. The number of hydrogen-bond acceptors (Lipinski definition) is 3. The van der Waals surface area contributed by atoms with Crippen molar-refractivity contribution in [3.63, 3.8) is 0 Å². The van der Waals surface area contributed by atoms with Gasteiger partial charge in [-0.1, -0.05) is 6.07 Å². The van der Waals surface area contributed by atoms with Crippen LogP contribution in [-0.4, -0.2) is 17.2 Å². The summed E-state index contributed by atoms with van der Waals surface area (Å²) in [7, 11) is 2.08. The van der Waals surface area contributed by atoms with Crippen molar-refractivity contribution in [1.29, 1.82) is 0 Å². The number of aryl methyl sites for hydroxylation is 3. The number of nitrogens with zero attached hydrogens (tertiary/aromatic N) is 2.